The summed E-state index contributed by atoms with van der Waals surface area (Å²) in [5.74, 6) is 0. The first-order valence-electron chi connectivity index (χ1n) is 31.0. The topological polar surface area (TPSA) is 39.4 Å². The van der Waals surface area contributed by atoms with Crippen LogP contribution < -0.4 is 21.3 Å². The number of rotatable bonds is 7. The Morgan fingerprint density at radius 2 is 0.789 bits per heavy atom. The molecule has 6 heteroatoms. The number of anilines is 3. The van der Waals surface area contributed by atoms with Gasteiger partial charge in [-0.15, -0.1) is 0 Å². The third kappa shape index (κ3) is 6.98. The molecule has 0 bridgehead atoms. The van der Waals surface area contributed by atoms with Crippen LogP contribution in [0.15, 0.2) is 312 Å². The van der Waals surface area contributed by atoms with Gasteiger partial charge in [-0.1, -0.05) is 237 Å². The first-order chi connectivity index (χ1) is 44.7. The van der Waals surface area contributed by atoms with Crippen LogP contribution in [0.25, 0.3) is 154 Å². The second-order valence-corrected chi connectivity index (χ2v) is 24.2. The number of benzene rings is 14. The Bertz CT molecular complexity index is 5920. The van der Waals surface area contributed by atoms with Gasteiger partial charge in [-0.3, -0.25) is 0 Å². The van der Waals surface area contributed by atoms with Crippen LogP contribution in [0.5, 0.6) is 0 Å². The van der Waals surface area contributed by atoms with Crippen molar-refractivity contribution in [2.75, 3.05) is 4.90 Å². The highest BCUT2D eigenvalue weighted by Gasteiger charge is 2.44. The predicted octanol–water partition coefficient (Wildman–Crippen LogP) is 20.6. The minimum atomic E-state index is -0.206. The molecule has 18 aromatic rings. The van der Waals surface area contributed by atoms with Crippen LogP contribution in [-0.4, -0.2) is 15.8 Å². The first kappa shape index (κ1) is 49.3. The van der Waals surface area contributed by atoms with Crippen molar-refractivity contribution in [3.8, 4) is 67.0 Å². The number of fused-ring (bicyclic) bond motifs is 17. The normalized spacial score (nSPS) is 12.6. The summed E-state index contributed by atoms with van der Waals surface area (Å²) in [6.45, 7) is -0.206. The monoisotopic (exact) mass is 1140 g/mol. The minimum absolute atomic E-state index is 0.206. The highest BCUT2D eigenvalue weighted by Crippen LogP contribution is 2.52. The van der Waals surface area contributed by atoms with E-state index in [2.05, 4.69) is 317 Å². The molecule has 20 rings (SSSR count). The molecular formula is C84H50BN3O2. The standard InChI is InChI=1S/C84H50BN3O2/c1-4-19-51(20-5-1)53-37-41-55(42-38-53)59-28-16-29-60(56-43-39-54(40-44-56)52-21-6-2-7-22-52)82(59)88-73-49-67-63-26-12-14-35-76(63)89-78(67)50-69(73)85-68-33-18-32-66-80-72(46-45-71-79(80)65-27-10-13-34-70(65)86(71)58-23-8-3-9-24-58)87(83(66)68)74-47-57(48-75(88)81(74)85)61-30-17-31-64-62-25-11-15-36-77(62)90-84(61)64/h1-50H. The van der Waals surface area contributed by atoms with Crippen molar-refractivity contribution in [2.45, 2.75) is 0 Å². The lowest BCUT2D eigenvalue weighted by molar-refractivity contribution is 0.669. The van der Waals surface area contributed by atoms with Gasteiger partial charge in [0.2, 0.25) is 0 Å². The molecule has 14 aromatic carbocycles. The predicted molar refractivity (Wildman–Crippen MR) is 376 cm³/mol. The highest BCUT2D eigenvalue weighted by atomic mass is 16.3. The van der Waals surface area contributed by atoms with E-state index < -0.39 is 0 Å². The average Bonchev–Trinajstić information content (AvgIpc) is 1.34. The summed E-state index contributed by atoms with van der Waals surface area (Å²) >= 11 is 0. The van der Waals surface area contributed by atoms with Crippen molar-refractivity contribution in [3.05, 3.63) is 303 Å². The lowest BCUT2D eigenvalue weighted by atomic mass is 9.33. The molecule has 0 saturated carbocycles. The lowest BCUT2D eigenvalue weighted by Crippen LogP contribution is -2.60. The van der Waals surface area contributed by atoms with Crippen LogP contribution >= 0.6 is 0 Å². The second kappa shape index (κ2) is 18.8. The first-order valence-corrected chi connectivity index (χ1v) is 31.0. The van der Waals surface area contributed by atoms with Gasteiger partial charge in [0.15, 0.2) is 0 Å². The summed E-state index contributed by atoms with van der Waals surface area (Å²) in [5, 5.41) is 9.26. The quantitative estimate of drug-likeness (QED) is 0.149. The highest BCUT2D eigenvalue weighted by molar-refractivity contribution is 7.00. The van der Waals surface area contributed by atoms with E-state index in [1.807, 2.05) is 0 Å². The molecule has 0 fully saturated rings. The van der Waals surface area contributed by atoms with Gasteiger partial charge >= 0.3 is 0 Å². The van der Waals surface area contributed by atoms with Crippen molar-refractivity contribution in [1.29, 1.82) is 0 Å². The molecule has 6 heterocycles. The summed E-state index contributed by atoms with van der Waals surface area (Å²) in [6.07, 6.45) is 0. The van der Waals surface area contributed by atoms with Gasteiger partial charge in [-0.25, -0.2) is 0 Å². The molecule has 0 radical (unpaired) electrons. The Balaban J connectivity index is 0.947. The second-order valence-electron chi connectivity index (χ2n) is 24.2. The zero-order valence-electron chi connectivity index (χ0n) is 48.6. The summed E-state index contributed by atoms with van der Waals surface area (Å²) in [5.41, 5.74) is 28.6. The molecule has 0 atom stereocenters. The van der Waals surface area contributed by atoms with E-state index in [1.54, 1.807) is 0 Å². The molecule has 0 spiro atoms. The number of hydrogen-bond donors (Lipinski definition) is 0. The van der Waals surface area contributed by atoms with E-state index in [-0.39, 0.29) is 6.71 Å². The van der Waals surface area contributed by atoms with Gasteiger partial charge in [0.1, 0.15) is 22.3 Å². The average molecular weight is 1140 g/mol. The van der Waals surface area contributed by atoms with Gasteiger partial charge in [0.25, 0.3) is 6.71 Å². The zero-order valence-corrected chi connectivity index (χ0v) is 48.6. The number of para-hydroxylation sites is 7. The van der Waals surface area contributed by atoms with Gasteiger partial charge in [-0.2, -0.15) is 0 Å². The Morgan fingerprint density at radius 3 is 1.49 bits per heavy atom. The summed E-state index contributed by atoms with van der Waals surface area (Å²) in [7, 11) is 0. The van der Waals surface area contributed by atoms with Crippen LogP contribution in [-0.2, 0) is 0 Å². The van der Waals surface area contributed by atoms with Gasteiger partial charge < -0.3 is 22.9 Å². The molecule has 5 nitrogen and oxygen atoms in total. The number of furan rings is 2. The maximum Gasteiger partial charge on any atom is 0.252 e. The minimum Gasteiger partial charge on any atom is -0.456 e. The fourth-order valence-electron chi connectivity index (χ4n) is 15.6. The largest absolute Gasteiger partial charge is 0.456 e. The van der Waals surface area contributed by atoms with E-state index in [0.717, 1.165) is 111 Å². The third-order valence-corrected chi connectivity index (χ3v) is 19.5. The van der Waals surface area contributed by atoms with Crippen LogP contribution in [0.2, 0.25) is 0 Å². The van der Waals surface area contributed by atoms with E-state index in [0.29, 0.717) is 0 Å². The molecule has 0 N–H and O–H groups in total. The molecule has 0 amide bonds. The maximum absolute atomic E-state index is 7.04. The van der Waals surface area contributed by atoms with Crippen LogP contribution in [0.1, 0.15) is 0 Å². The fourth-order valence-corrected chi connectivity index (χ4v) is 15.6. The van der Waals surface area contributed by atoms with E-state index in [1.165, 1.54) is 76.7 Å². The van der Waals surface area contributed by atoms with Crippen molar-refractivity contribution in [1.82, 2.24) is 9.13 Å². The molecule has 2 aliphatic heterocycles. The Kier molecular flexibility index (Phi) is 10.3. The maximum atomic E-state index is 7.04. The van der Waals surface area contributed by atoms with Crippen LogP contribution in [0.3, 0.4) is 0 Å². The van der Waals surface area contributed by atoms with Crippen molar-refractivity contribution < 1.29 is 8.83 Å². The molecule has 2 aliphatic rings. The third-order valence-electron chi connectivity index (χ3n) is 19.5. The van der Waals surface area contributed by atoms with Gasteiger partial charge in [0.05, 0.1) is 22.2 Å². The number of aromatic nitrogens is 2. The van der Waals surface area contributed by atoms with E-state index >= 15 is 0 Å². The zero-order chi connectivity index (χ0) is 58.7. The molecule has 416 valence electrons. The fraction of sp³-hybridized carbons (Fsp3) is 0. The SMILES string of the molecule is c1ccc(-c2ccc(-c3cccc(-c4ccc(-c5ccccc5)cc4)c3N3c4cc5c(cc4B4c6c3cc(-c3cccc7c3oc3ccccc37)cc6-n3c6ccc7c(c8ccccc8n7-c7ccccc7)c6c6cccc4c63)oc3ccccc35)cc2)cc1. The molecule has 4 aromatic heterocycles. The Hall–Kier alpha value is -11.9. The van der Waals surface area contributed by atoms with Crippen LogP contribution in [0, 0.1) is 0 Å². The van der Waals surface area contributed by atoms with Crippen molar-refractivity contribution in [3.63, 3.8) is 0 Å². The number of hydrogen-bond acceptors (Lipinski definition) is 3. The van der Waals surface area contributed by atoms with Gasteiger partial charge in [0, 0.05) is 88.0 Å². The molecule has 0 saturated heterocycles. The van der Waals surface area contributed by atoms with E-state index in [4.69, 9.17) is 8.83 Å². The van der Waals surface area contributed by atoms with Crippen molar-refractivity contribution >= 4 is 128 Å². The van der Waals surface area contributed by atoms with E-state index in [9.17, 15) is 0 Å². The number of nitrogens with zero attached hydrogens (tertiary/aromatic N) is 3. The summed E-state index contributed by atoms with van der Waals surface area (Å²) in [4.78, 5) is 2.64. The van der Waals surface area contributed by atoms with Gasteiger partial charge in [-0.05, 0) is 122 Å². The Morgan fingerprint density at radius 1 is 0.278 bits per heavy atom. The molecule has 0 unspecified atom stereocenters. The molecular weight excluding hydrogens is 1090 g/mol. The van der Waals surface area contributed by atoms with Crippen LogP contribution in [0.4, 0.5) is 17.1 Å². The smallest absolute Gasteiger partial charge is 0.252 e. The summed E-state index contributed by atoms with van der Waals surface area (Å²) < 4.78 is 19.1. The lowest BCUT2D eigenvalue weighted by Gasteiger charge is -2.42. The summed E-state index contributed by atoms with van der Waals surface area (Å²) in [6, 6.07) is 112. The Labute approximate surface area is 517 Å². The molecule has 90 heavy (non-hydrogen) atoms. The van der Waals surface area contributed by atoms with Crippen molar-refractivity contribution in [2.24, 2.45) is 0 Å². The molecule has 0 aliphatic carbocycles.